The Hall–Kier alpha value is -0.520. The number of nitrogens with zero attached hydrogens (tertiary/aromatic N) is 1. The fourth-order valence-electron chi connectivity index (χ4n) is 0.710. The van der Waals surface area contributed by atoms with Crippen LogP contribution in [0.15, 0.2) is 0 Å². The Morgan fingerprint density at radius 3 is 2.13 bits per heavy atom. The molecule has 3 N–H and O–H groups in total. The number of hydrogen-bond donors (Lipinski definition) is 2. The monoisotopic (exact) mass is 259 g/mol. The summed E-state index contributed by atoms with van der Waals surface area (Å²) in [5, 5.41) is 2.49. The second kappa shape index (κ2) is 10.0. The number of carbonyl (C=O) groups is 2. The highest BCUT2D eigenvalue weighted by molar-refractivity contribution is 5.86. The van der Waals surface area contributed by atoms with Crippen molar-refractivity contribution in [2.24, 2.45) is 5.73 Å². The molecule has 0 aromatic heterocycles. The smallest absolute Gasteiger partial charge is 0.239 e. The summed E-state index contributed by atoms with van der Waals surface area (Å²) in [5.41, 5.74) is 4.98. The molecule has 0 unspecified atom stereocenters. The molecule has 7 heteroatoms. The predicted octanol–water partition coefficient (Wildman–Crippen LogP) is -0.228. The van der Waals surface area contributed by atoms with E-state index in [4.69, 9.17) is 5.73 Å². The molecule has 0 aromatic rings. The lowest BCUT2D eigenvalue weighted by molar-refractivity contribution is -0.127. The quantitative estimate of drug-likeness (QED) is 0.717. The van der Waals surface area contributed by atoms with Gasteiger partial charge in [0.25, 0.3) is 0 Å². The molecule has 0 aliphatic carbocycles. The highest BCUT2D eigenvalue weighted by Crippen LogP contribution is 1.86. The summed E-state index contributed by atoms with van der Waals surface area (Å²) in [6.45, 7) is 2.23. The third-order valence-electron chi connectivity index (χ3n) is 1.59. The largest absolute Gasteiger partial charge is 0.368 e. The summed E-state index contributed by atoms with van der Waals surface area (Å²) in [6.07, 6.45) is 0.380. The minimum Gasteiger partial charge on any atom is -0.368 e. The molecule has 0 aliphatic rings. The molecule has 2 amide bonds. The summed E-state index contributed by atoms with van der Waals surface area (Å²) < 4.78 is 0. The maximum atomic E-state index is 11.1. The van der Waals surface area contributed by atoms with Crippen molar-refractivity contribution in [3.63, 3.8) is 0 Å². The predicted molar refractivity (Wildman–Crippen MR) is 64.5 cm³/mol. The molecule has 15 heavy (non-hydrogen) atoms. The molecular weight excluding hydrogens is 241 g/mol. The Kier molecular flexibility index (Phi) is 13.3. The Bertz CT molecular complexity index is 200. The van der Waals surface area contributed by atoms with Gasteiger partial charge in [0.05, 0.1) is 0 Å². The first-order chi connectivity index (χ1) is 5.93. The van der Waals surface area contributed by atoms with E-state index in [0.717, 1.165) is 0 Å². The van der Waals surface area contributed by atoms with E-state index < -0.39 is 11.9 Å². The first-order valence-corrected chi connectivity index (χ1v) is 4.17. The van der Waals surface area contributed by atoms with Crippen LogP contribution in [0.3, 0.4) is 0 Å². The fourth-order valence-corrected chi connectivity index (χ4v) is 0.710. The molecule has 0 bridgehead atoms. The van der Waals surface area contributed by atoms with Crippen LogP contribution in [-0.4, -0.2) is 43.4 Å². The second-order valence-corrected chi connectivity index (χ2v) is 3.24. The third kappa shape index (κ3) is 11.4. The molecule has 5 nitrogen and oxygen atoms in total. The molecule has 0 saturated carbocycles. The first-order valence-electron chi connectivity index (χ1n) is 4.17. The number of primary amides is 1. The highest BCUT2D eigenvalue weighted by Gasteiger charge is 2.11. The fraction of sp³-hybridized carbons (Fsp3) is 0.750. The third-order valence-corrected chi connectivity index (χ3v) is 1.59. The summed E-state index contributed by atoms with van der Waals surface area (Å²) >= 11 is 0. The van der Waals surface area contributed by atoms with Gasteiger partial charge in [-0.1, -0.05) is 0 Å². The van der Waals surface area contributed by atoms with Gasteiger partial charge >= 0.3 is 0 Å². The number of carbonyl (C=O) groups excluding carboxylic acids is 2. The van der Waals surface area contributed by atoms with Gasteiger partial charge in [0, 0.05) is 13.0 Å². The van der Waals surface area contributed by atoms with Crippen molar-refractivity contribution in [3.8, 4) is 0 Å². The average Bonchev–Trinajstić information content (AvgIpc) is 2.00. The zero-order valence-electron chi connectivity index (χ0n) is 9.15. The van der Waals surface area contributed by atoms with E-state index in [1.54, 1.807) is 6.92 Å². The standard InChI is InChI=1S/C8H17N3O2.2ClH/c1-6(8(9)13)10-7(12)4-5-11(2)3;;/h6H,4-5H2,1-3H3,(H2,9,13)(H,10,12);2*1H/t6-;;/m1../s1. The molecule has 0 rings (SSSR count). The van der Waals surface area contributed by atoms with Crippen LogP contribution in [0.5, 0.6) is 0 Å². The van der Waals surface area contributed by atoms with Crippen LogP contribution < -0.4 is 11.1 Å². The van der Waals surface area contributed by atoms with E-state index in [2.05, 4.69) is 5.32 Å². The van der Waals surface area contributed by atoms with Crippen LogP contribution in [-0.2, 0) is 9.59 Å². The second-order valence-electron chi connectivity index (χ2n) is 3.24. The molecule has 1 atom stereocenters. The zero-order chi connectivity index (χ0) is 10.4. The molecule has 0 fully saturated rings. The minimum absolute atomic E-state index is 0. The number of hydrogen-bond acceptors (Lipinski definition) is 3. The highest BCUT2D eigenvalue weighted by atomic mass is 35.5. The van der Waals surface area contributed by atoms with Crippen LogP contribution in [0.25, 0.3) is 0 Å². The molecule has 0 aromatic carbocycles. The Morgan fingerprint density at radius 2 is 1.80 bits per heavy atom. The number of nitrogens with one attached hydrogen (secondary N) is 1. The van der Waals surface area contributed by atoms with Gasteiger partial charge in [-0.05, 0) is 21.0 Å². The van der Waals surface area contributed by atoms with Crippen LogP contribution in [0, 0.1) is 0 Å². The van der Waals surface area contributed by atoms with Crippen LogP contribution in [0.1, 0.15) is 13.3 Å². The molecule has 0 heterocycles. The number of nitrogens with two attached hydrogens (primary N) is 1. The van der Waals surface area contributed by atoms with Gasteiger partial charge in [-0.3, -0.25) is 9.59 Å². The zero-order valence-corrected chi connectivity index (χ0v) is 10.8. The molecule has 92 valence electrons. The summed E-state index contributed by atoms with van der Waals surface area (Å²) in [7, 11) is 3.76. The van der Waals surface area contributed by atoms with Crippen molar-refractivity contribution < 1.29 is 9.59 Å². The Morgan fingerprint density at radius 1 is 1.33 bits per heavy atom. The number of halogens is 2. The molecule has 0 spiro atoms. The van der Waals surface area contributed by atoms with Crippen LogP contribution in [0.4, 0.5) is 0 Å². The molecular formula is C8H19Cl2N3O2. The van der Waals surface area contributed by atoms with Crippen LogP contribution in [0.2, 0.25) is 0 Å². The summed E-state index contributed by atoms with van der Waals surface area (Å²) in [4.78, 5) is 23.6. The average molecular weight is 260 g/mol. The minimum atomic E-state index is -0.588. The Labute approximate surface area is 103 Å². The lowest BCUT2D eigenvalue weighted by Gasteiger charge is -2.12. The summed E-state index contributed by atoms with van der Waals surface area (Å²) in [6, 6.07) is -0.588. The van der Waals surface area contributed by atoms with Gasteiger partial charge in [-0.2, -0.15) is 0 Å². The topological polar surface area (TPSA) is 75.4 Å². The van der Waals surface area contributed by atoms with Crippen molar-refractivity contribution in [1.82, 2.24) is 10.2 Å². The molecule has 0 radical (unpaired) electrons. The molecule has 0 saturated heterocycles. The van der Waals surface area contributed by atoms with E-state index in [0.29, 0.717) is 13.0 Å². The van der Waals surface area contributed by atoms with Gasteiger partial charge < -0.3 is 16.0 Å². The van der Waals surface area contributed by atoms with Gasteiger partial charge in [0.2, 0.25) is 11.8 Å². The SMILES string of the molecule is C[C@@H](NC(=O)CCN(C)C)C(N)=O.Cl.Cl. The lowest BCUT2D eigenvalue weighted by atomic mass is 10.3. The van der Waals surface area contributed by atoms with Crippen molar-refractivity contribution >= 4 is 36.6 Å². The first kappa shape index (κ1) is 20.0. The maximum Gasteiger partial charge on any atom is 0.239 e. The van der Waals surface area contributed by atoms with E-state index in [1.807, 2.05) is 19.0 Å². The van der Waals surface area contributed by atoms with E-state index in [9.17, 15) is 9.59 Å². The van der Waals surface area contributed by atoms with Crippen molar-refractivity contribution in [1.29, 1.82) is 0 Å². The van der Waals surface area contributed by atoms with Crippen LogP contribution >= 0.6 is 24.8 Å². The van der Waals surface area contributed by atoms with E-state index in [-0.39, 0.29) is 30.7 Å². The van der Waals surface area contributed by atoms with Crippen molar-refractivity contribution in [2.45, 2.75) is 19.4 Å². The number of amides is 2. The molecule has 0 aliphatic heterocycles. The normalized spacial score (nSPS) is 10.9. The Balaban J connectivity index is -0.000000720. The maximum absolute atomic E-state index is 11.1. The van der Waals surface area contributed by atoms with Crippen molar-refractivity contribution in [2.75, 3.05) is 20.6 Å². The lowest BCUT2D eigenvalue weighted by Crippen LogP contribution is -2.42. The van der Waals surface area contributed by atoms with Gasteiger partial charge in [-0.25, -0.2) is 0 Å². The summed E-state index contributed by atoms with van der Waals surface area (Å²) in [5.74, 6) is -0.668. The van der Waals surface area contributed by atoms with Gasteiger partial charge in [-0.15, -0.1) is 24.8 Å². The van der Waals surface area contributed by atoms with Gasteiger partial charge in [0.15, 0.2) is 0 Å². The van der Waals surface area contributed by atoms with E-state index >= 15 is 0 Å². The van der Waals surface area contributed by atoms with Gasteiger partial charge in [0.1, 0.15) is 6.04 Å². The number of rotatable bonds is 5. The van der Waals surface area contributed by atoms with Crippen molar-refractivity contribution in [3.05, 3.63) is 0 Å². The van der Waals surface area contributed by atoms with E-state index in [1.165, 1.54) is 0 Å².